The molecule has 1 aromatic carbocycles. The lowest BCUT2D eigenvalue weighted by molar-refractivity contribution is -0.934. The molecule has 4 atom stereocenters. The third-order valence-electron chi connectivity index (χ3n) is 7.72. The number of carbonyl (C=O) groups excluding carboxylic acids is 1. The fraction of sp³-hybridized carbons (Fsp3) is 0.720. The summed E-state index contributed by atoms with van der Waals surface area (Å²) >= 11 is 0. The first-order chi connectivity index (χ1) is 13.7. The number of likely N-dealkylation sites (tertiary alicyclic amines) is 2. The molecular formula is C25H39N2O+. The van der Waals surface area contributed by atoms with Crippen LogP contribution in [0.25, 0.3) is 0 Å². The van der Waals surface area contributed by atoms with Gasteiger partial charge in [-0.2, -0.15) is 0 Å². The Morgan fingerprint density at radius 3 is 2.57 bits per heavy atom. The molecule has 1 amide bonds. The molecule has 1 saturated carbocycles. The van der Waals surface area contributed by atoms with E-state index in [9.17, 15) is 4.79 Å². The smallest absolute Gasteiger partial charge is 0.231 e. The highest BCUT2D eigenvalue weighted by Gasteiger charge is 2.37. The average molecular weight is 384 g/mol. The van der Waals surface area contributed by atoms with Crippen molar-refractivity contribution in [2.75, 3.05) is 26.2 Å². The molecule has 2 aliphatic heterocycles. The third-order valence-corrected chi connectivity index (χ3v) is 7.72. The van der Waals surface area contributed by atoms with Crippen molar-refractivity contribution < 1.29 is 9.69 Å². The molecule has 3 aliphatic rings. The SMILES string of the molecule is C[C@H]1CCC[C@@H]([NH+]2CCC[C@H](C(=O)N3CCC(Cc4ccccc4)CC3)C2)C1. The molecular weight excluding hydrogens is 344 g/mol. The first kappa shape index (κ1) is 19.9. The van der Waals surface area contributed by atoms with Gasteiger partial charge in [0, 0.05) is 19.5 Å². The minimum atomic E-state index is 0.284. The number of nitrogens with zero attached hydrogens (tertiary/aromatic N) is 1. The van der Waals surface area contributed by atoms with Crippen LogP contribution in [-0.2, 0) is 11.2 Å². The molecule has 0 spiro atoms. The molecule has 0 aromatic heterocycles. The summed E-state index contributed by atoms with van der Waals surface area (Å²) in [6.07, 6.45) is 11.4. The quantitative estimate of drug-likeness (QED) is 0.847. The normalized spacial score (nSPS) is 32.2. The van der Waals surface area contributed by atoms with Crippen LogP contribution in [0.1, 0.15) is 63.9 Å². The molecule has 4 rings (SSSR count). The zero-order chi connectivity index (χ0) is 19.3. The molecule has 1 unspecified atom stereocenters. The van der Waals surface area contributed by atoms with Gasteiger partial charge in [-0.3, -0.25) is 4.79 Å². The maximum absolute atomic E-state index is 13.2. The molecule has 3 nitrogen and oxygen atoms in total. The first-order valence-electron chi connectivity index (χ1n) is 11.9. The molecule has 0 radical (unpaired) electrons. The van der Waals surface area contributed by atoms with E-state index in [-0.39, 0.29) is 5.92 Å². The maximum atomic E-state index is 13.2. The van der Waals surface area contributed by atoms with Crippen molar-refractivity contribution in [2.45, 2.75) is 70.8 Å². The number of piperidine rings is 2. The van der Waals surface area contributed by atoms with Crippen molar-refractivity contribution in [3.63, 3.8) is 0 Å². The third kappa shape index (κ3) is 4.97. The van der Waals surface area contributed by atoms with Crippen molar-refractivity contribution in [1.29, 1.82) is 0 Å². The van der Waals surface area contributed by atoms with Crippen LogP contribution in [0.5, 0.6) is 0 Å². The van der Waals surface area contributed by atoms with Crippen LogP contribution in [0.3, 0.4) is 0 Å². The van der Waals surface area contributed by atoms with E-state index in [4.69, 9.17) is 0 Å². The molecule has 2 saturated heterocycles. The Kier molecular flexibility index (Phi) is 6.72. The molecule has 28 heavy (non-hydrogen) atoms. The van der Waals surface area contributed by atoms with Crippen LogP contribution in [0.15, 0.2) is 30.3 Å². The van der Waals surface area contributed by atoms with Crippen molar-refractivity contribution in [1.82, 2.24) is 4.90 Å². The van der Waals surface area contributed by atoms with Crippen LogP contribution in [-0.4, -0.2) is 43.0 Å². The van der Waals surface area contributed by atoms with E-state index in [0.29, 0.717) is 5.91 Å². The summed E-state index contributed by atoms with van der Waals surface area (Å²) in [5.74, 6) is 2.38. The number of hydrogen-bond donors (Lipinski definition) is 1. The largest absolute Gasteiger partial charge is 0.342 e. The minimum Gasteiger partial charge on any atom is -0.342 e. The second-order valence-corrected chi connectivity index (χ2v) is 9.88. The summed E-state index contributed by atoms with van der Waals surface area (Å²) in [5.41, 5.74) is 1.44. The van der Waals surface area contributed by atoms with Gasteiger partial charge < -0.3 is 9.80 Å². The predicted molar refractivity (Wildman–Crippen MR) is 114 cm³/mol. The lowest BCUT2D eigenvalue weighted by atomic mass is 9.84. The van der Waals surface area contributed by atoms with E-state index in [2.05, 4.69) is 42.2 Å². The van der Waals surface area contributed by atoms with Gasteiger partial charge in [-0.25, -0.2) is 0 Å². The second-order valence-electron chi connectivity index (χ2n) is 9.88. The molecule has 0 bridgehead atoms. The average Bonchev–Trinajstić information content (AvgIpc) is 2.75. The van der Waals surface area contributed by atoms with Crippen LogP contribution >= 0.6 is 0 Å². The first-order valence-corrected chi connectivity index (χ1v) is 11.9. The second kappa shape index (κ2) is 9.43. The Balaban J connectivity index is 1.26. The lowest BCUT2D eigenvalue weighted by Crippen LogP contribution is -3.17. The van der Waals surface area contributed by atoms with E-state index in [1.54, 1.807) is 4.90 Å². The topological polar surface area (TPSA) is 24.8 Å². The van der Waals surface area contributed by atoms with Gasteiger partial charge in [-0.15, -0.1) is 0 Å². The molecule has 3 fully saturated rings. The Bertz CT molecular complexity index is 623. The lowest BCUT2D eigenvalue weighted by Gasteiger charge is -2.40. The molecule has 3 heteroatoms. The molecule has 1 N–H and O–H groups in total. The van der Waals surface area contributed by atoms with Crippen LogP contribution in [0.4, 0.5) is 0 Å². The van der Waals surface area contributed by atoms with E-state index < -0.39 is 0 Å². The Morgan fingerprint density at radius 1 is 1.04 bits per heavy atom. The van der Waals surface area contributed by atoms with Gasteiger partial charge in [-0.1, -0.05) is 43.7 Å². The van der Waals surface area contributed by atoms with Gasteiger partial charge in [0.15, 0.2) is 0 Å². The Morgan fingerprint density at radius 2 is 1.82 bits per heavy atom. The van der Waals surface area contributed by atoms with Crippen LogP contribution in [0, 0.1) is 17.8 Å². The maximum Gasteiger partial charge on any atom is 0.231 e. The number of nitrogens with one attached hydrogen (secondary N) is 1. The van der Waals surface area contributed by atoms with Crippen LogP contribution in [0.2, 0.25) is 0 Å². The minimum absolute atomic E-state index is 0.284. The van der Waals surface area contributed by atoms with E-state index in [0.717, 1.165) is 43.9 Å². The fourth-order valence-corrected chi connectivity index (χ4v) is 6.05. The van der Waals surface area contributed by atoms with Gasteiger partial charge in [0.1, 0.15) is 0 Å². The Labute approximate surface area is 171 Å². The predicted octanol–water partition coefficient (Wildman–Crippen LogP) is 3.34. The van der Waals surface area contributed by atoms with Crippen molar-refractivity contribution >= 4 is 5.91 Å². The monoisotopic (exact) mass is 383 g/mol. The van der Waals surface area contributed by atoms with E-state index in [1.807, 2.05) is 0 Å². The van der Waals surface area contributed by atoms with Crippen LogP contribution < -0.4 is 4.90 Å². The summed E-state index contributed by atoms with van der Waals surface area (Å²) in [4.78, 5) is 17.2. The highest BCUT2D eigenvalue weighted by Crippen LogP contribution is 2.25. The van der Waals surface area contributed by atoms with E-state index >= 15 is 0 Å². The Hall–Kier alpha value is -1.35. The summed E-state index contributed by atoms with van der Waals surface area (Å²) < 4.78 is 0. The van der Waals surface area contributed by atoms with Gasteiger partial charge in [-0.05, 0) is 62.3 Å². The van der Waals surface area contributed by atoms with Gasteiger partial charge in [0.25, 0.3) is 0 Å². The fourth-order valence-electron chi connectivity index (χ4n) is 6.05. The van der Waals surface area contributed by atoms with Crippen molar-refractivity contribution in [2.24, 2.45) is 17.8 Å². The highest BCUT2D eigenvalue weighted by atomic mass is 16.2. The van der Waals surface area contributed by atoms with Gasteiger partial charge >= 0.3 is 0 Å². The molecule has 2 heterocycles. The standard InChI is InChI=1S/C25H38N2O/c1-20-7-5-11-24(17-20)27-14-6-10-23(19-27)25(28)26-15-12-22(13-16-26)18-21-8-3-2-4-9-21/h2-4,8-9,20,22-24H,5-7,10-19H2,1H3/p+1/t20-,23-,24+/m0/s1. The van der Waals surface area contributed by atoms with Gasteiger partial charge in [0.2, 0.25) is 5.91 Å². The zero-order valence-corrected chi connectivity index (χ0v) is 17.7. The van der Waals surface area contributed by atoms with Gasteiger partial charge in [0.05, 0.1) is 25.0 Å². The summed E-state index contributed by atoms with van der Waals surface area (Å²) in [6.45, 7) is 6.75. The number of rotatable bonds is 4. The van der Waals surface area contributed by atoms with E-state index in [1.165, 1.54) is 63.5 Å². The number of hydrogen-bond acceptors (Lipinski definition) is 1. The number of carbonyl (C=O) groups is 1. The number of quaternary nitrogens is 1. The van der Waals surface area contributed by atoms with Crippen molar-refractivity contribution in [3.8, 4) is 0 Å². The molecule has 1 aliphatic carbocycles. The molecule has 1 aromatic rings. The highest BCUT2D eigenvalue weighted by molar-refractivity contribution is 5.79. The molecule has 154 valence electrons. The number of benzene rings is 1. The summed E-state index contributed by atoms with van der Waals surface area (Å²) in [5, 5.41) is 0. The summed E-state index contributed by atoms with van der Waals surface area (Å²) in [7, 11) is 0. The van der Waals surface area contributed by atoms with Crippen molar-refractivity contribution in [3.05, 3.63) is 35.9 Å². The zero-order valence-electron chi connectivity index (χ0n) is 17.7. The number of amides is 1. The summed E-state index contributed by atoms with van der Waals surface area (Å²) in [6, 6.07) is 11.7.